The molecule has 1 heterocycles. The molecule has 4 rings (SSSR count). The van der Waals surface area contributed by atoms with Crippen molar-refractivity contribution in [2.45, 2.75) is 23.2 Å². The fourth-order valence-electron chi connectivity index (χ4n) is 3.63. The molecule has 2 fully saturated rings. The van der Waals surface area contributed by atoms with Crippen LogP contribution in [0.1, 0.15) is 28.8 Å². The van der Waals surface area contributed by atoms with Gasteiger partial charge in [0.1, 0.15) is 0 Å². The molecule has 0 spiro atoms. The lowest BCUT2D eigenvalue weighted by atomic mass is 9.96. The van der Waals surface area contributed by atoms with Crippen molar-refractivity contribution >= 4 is 21.8 Å². The molecule has 152 valence electrons. The zero-order valence-electron chi connectivity index (χ0n) is 15.9. The lowest BCUT2D eigenvalue weighted by Gasteiger charge is -2.26. The van der Waals surface area contributed by atoms with Crippen LogP contribution in [-0.4, -0.2) is 50.7 Å². The number of hydrogen-bond donors (Lipinski definition) is 2. The van der Waals surface area contributed by atoms with Gasteiger partial charge in [-0.25, -0.2) is 8.42 Å². The van der Waals surface area contributed by atoms with Gasteiger partial charge >= 0.3 is 0 Å². The van der Waals surface area contributed by atoms with Crippen molar-refractivity contribution in [3.05, 3.63) is 65.7 Å². The molecule has 0 aromatic heterocycles. The molecule has 7 nitrogen and oxygen atoms in total. The standard InChI is InChI=1S/C21H23N3O4S/c25-19-14-24(12-11-22-19)29(27,28)18-8-4-5-16(13-18)20(26)23-15-21(9-10-21)17-6-2-1-3-7-17/h1-8,13H,9-12,14-15H2,(H,22,25)(H,23,26). The van der Waals surface area contributed by atoms with E-state index in [0.29, 0.717) is 6.54 Å². The van der Waals surface area contributed by atoms with Crippen LogP contribution < -0.4 is 10.6 Å². The molecular weight excluding hydrogens is 390 g/mol. The van der Waals surface area contributed by atoms with E-state index in [1.54, 1.807) is 12.1 Å². The molecule has 0 radical (unpaired) electrons. The fraction of sp³-hybridized carbons (Fsp3) is 0.333. The van der Waals surface area contributed by atoms with Gasteiger partial charge in [-0.3, -0.25) is 9.59 Å². The van der Waals surface area contributed by atoms with Crippen LogP contribution in [0.5, 0.6) is 0 Å². The Bertz CT molecular complexity index is 1030. The van der Waals surface area contributed by atoms with Gasteiger partial charge in [-0.15, -0.1) is 0 Å². The predicted octanol–water partition coefficient (Wildman–Crippen LogP) is 1.27. The monoisotopic (exact) mass is 413 g/mol. The summed E-state index contributed by atoms with van der Waals surface area (Å²) < 4.78 is 26.8. The molecule has 2 aromatic rings. The van der Waals surface area contributed by atoms with E-state index in [0.717, 1.165) is 17.1 Å². The van der Waals surface area contributed by atoms with Gasteiger partial charge < -0.3 is 10.6 Å². The van der Waals surface area contributed by atoms with Crippen molar-refractivity contribution in [1.29, 1.82) is 0 Å². The first kappa shape index (κ1) is 19.6. The topological polar surface area (TPSA) is 95.6 Å². The Morgan fingerprint density at radius 2 is 1.86 bits per heavy atom. The Balaban J connectivity index is 1.47. The number of nitrogens with one attached hydrogen (secondary N) is 2. The zero-order valence-corrected chi connectivity index (χ0v) is 16.7. The second-order valence-electron chi connectivity index (χ2n) is 7.55. The molecule has 0 atom stereocenters. The molecule has 29 heavy (non-hydrogen) atoms. The molecule has 0 unspecified atom stereocenters. The maximum absolute atomic E-state index is 12.8. The molecule has 0 bridgehead atoms. The first-order valence-corrected chi connectivity index (χ1v) is 11.1. The quantitative estimate of drug-likeness (QED) is 0.746. The minimum atomic E-state index is -3.83. The average Bonchev–Trinajstić information content (AvgIpc) is 3.54. The van der Waals surface area contributed by atoms with Crippen LogP contribution in [0.3, 0.4) is 0 Å². The first-order valence-electron chi connectivity index (χ1n) is 9.61. The highest BCUT2D eigenvalue weighted by Gasteiger charge is 2.44. The number of sulfonamides is 1. The number of amides is 2. The number of piperazine rings is 1. The van der Waals surface area contributed by atoms with E-state index in [4.69, 9.17) is 0 Å². The number of carbonyl (C=O) groups excluding carboxylic acids is 2. The number of hydrogen-bond acceptors (Lipinski definition) is 4. The van der Waals surface area contributed by atoms with E-state index in [1.807, 2.05) is 18.2 Å². The van der Waals surface area contributed by atoms with Crippen molar-refractivity contribution in [1.82, 2.24) is 14.9 Å². The Kier molecular flexibility index (Phi) is 5.14. The highest BCUT2D eigenvalue weighted by atomic mass is 32.2. The summed E-state index contributed by atoms with van der Waals surface area (Å²) in [4.78, 5) is 24.2. The van der Waals surface area contributed by atoms with E-state index >= 15 is 0 Å². The van der Waals surface area contributed by atoms with Gasteiger partial charge in [0.15, 0.2) is 0 Å². The minimum Gasteiger partial charge on any atom is -0.354 e. The molecule has 1 saturated heterocycles. The van der Waals surface area contributed by atoms with Gasteiger partial charge in [-0.2, -0.15) is 4.31 Å². The maximum atomic E-state index is 12.8. The lowest BCUT2D eigenvalue weighted by Crippen LogP contribution is -2.49. The summed E-state index contributed by atoms with van der Waals surface area (Å²) in [5, 5.41) is 5.56. The second-order valence-corrected chi connectivity index (χ2v) is 9.48. The number of benzene rings is 2. The summed E-state index contributed by atoms with van der Waals surface area (Å²) in [6.07, 6.45) is 2.03. The molecule has 1 saturated carbocycles. The van der Waals surface area contributed by atoms with E-state index in [1.165, 1.54) is 17.7 Å². The van der Waals surface area contributed by atoms with Crippen LogP contribution >= 0.6 is 0 Å². The molecule has 1 aliphatic carbocycles. The average molecular weight is 413 g/mol. The highest BCUT2D eigenvalue weighted by molar-refractivity contribution is 7.89. The Morgan fingerprint density at radius 1 is 1.10 bits per heavy atom. The molecular formula is C21H23N3O4S. The first-order chi connectivity index (χ1) is 13.9. The Morgan fingerprint density at radius 3 is 2.55 bits per heavy atom. The van der Waals surface area contributed by atoms with E-state index < -0.39 is 10.0 Å². The molecule has 8 heteroatoms. The van der Waals surface area contributed by atoms with Crippen molar-refractivity contribution in [3.63, 3.8) is 0 Å². The third-order valence-corrected chi connectivity index (χ3v) is 7.41. The van der Waals surface area contributed by atoms with Gasteiger partial charge in [0.25, 0.3) is 5.91 Å². The molecule has 2 aliphatic rings. The highest BCUT2D eigenvalue weighted by Crippen LogP contribution is 2.47. The van der Waals surface area contributed by atoms with Gasteiger partial charge in [-0.1, -0.05) is 36.4 Å². The van der Waals surface area contributed by atoms with Gasteiger partial charge in [-0.05, 0) is 36.6 Å². The third kappa shape index (κ3) is 4.04. The van der Waals surface area contributed by atoms with Crippen LogP contribution in [0.25, 0.3) is 0 Å². The van der Waals surface area contributed by atoms with Crippen molar-refractivity contribution < 1.29 is 18.0 Å². The Labute approximate surface area is 170 Å². The summed E-state index contributed by atoms with van der Waals surface area (Å²) in [5.74, 6) is -0.634. The van der Waals surface area contributed by atoms with E-state index in [-0.39, 0.29) is 47.3 Å². The SMILES string of the molecule is O=C1CN(S(=O)(=O)c2cccc(C(=O)NCC3(c4ccccc4)CC3)c2)CCN1. The molecule has 2 N–H and O–H groups in total. The van der Waals surface area contributed by atoms with Gasteiger partial charge in [0.05, 0.1) is 11.4 Å². The second kappa shape index (κ2) is 7.61. The predicted molar refractivity (Wildman–Crippen MR) is 108 cm³/mol. The van der Waals surface area contributed by atoms with E-state index in [2.05, 4.69) is 22.8 Å². The lowest BCUT2D eigenvalue weighted by molar-refractivity contribution is -0.122. The number of carbonyl (C=O) groups is 2. The van der Waals surface area contributed by atoms with Crippen LogP contribution in [-0.2, 0) is 20.2 Å². The maximum Gasteiger partial charge on any atom is 0.251 e. The Hall–Kier alpha value is -2.71. The van der Waals surface area contributed by atoms with Crippen molar-refractivity contribution in [3.8, 4) is 0 Å². The van der Waals surface area contributed by atoms with Crippen LogP contribution in [0, 0.1) is 0 Å². The van der Waals surface area contributed by atoms with Crippen LogP contribution in [0.2, 0.25) is 0 Å². The summed E-state index contributed by atoms with van der Waals surface area (Å²) in [6, 6.07) is 16.1. The molecule has 1 aliphatic heterocycles. The summed E-state index contributed by atoms with van der Waals surface area (Å²) in [6.45, 7) is 0.793. The number of rotatable bonds is 6. The van der Waals surface area contributed by atoms with Gasteiger partial charge in [0.2, 0.25) is 15.9 Å². The minimum absolute atomic E-state index is 0.0176. The van der Waals surface area contributed by atoms with E-state index in [9.17, 15) is 18.0 Å². The fourth-order valence-corrected chi connectivity index (χ4v) is 5.07. The largest absolute Gasteiger partial charge is 0.354 e. The third-order valence-electron chi connectivity index (χ3n) is 5.56. The van der Waals surface area contributed by atoms with Gasteiger partial charge in [0, 0.05) is 30.6 Å². The summed E-state index contributed by atoms with van der Waals surface area (Å²) in [5.41, 5.74) is 1.47. The normalized spacial score (nSPS) is 18.7. The summed E-state index contributed by atoms with van der Waals surface area (Å²) in [7, 11) is -3.83. The molecule has 2 amide bonds. The van der Waals surface area contributed by atoms with Crippen LogP contribution in [0.4, 0.5) is 0 Å². The van der Waals surface area contributed by atoms with Crippen molar-refractivity contribution in [2.24, 2.45) is 0 Å². The zero-order chi connectivity index (χ0) is 20.5. The molecule has 2 aromatic carbocycles. The summed E-state index contributed by atoms with van der Waals surface area (Å²) >= 11 is 0. The smallest absolute Gasteiger partial charge is 0.251 e. The number of nitrogens with zero attached hydrogens (tertiary/aromatic N) is 1. The van der Waals surface area contributed by atoms with Crippen molar-refractivity contribution in [2.75, 3.05) is 26.2 Å². The van der Waals surface area contributed by atoms with Crippen LogP contribution in [0.15, 0.2) is 59.5 Å².